The molecule has 0 N–H and O–H groups in total. The maximum absolute atomic E-state index is 7.00. The van der Waals surface area contributed by atoms with Crippen molar-refractivity contribution in [2.45, 2.75) is 21.8 Å². The summed E-state index contributed by atoms with van der Waals surface area (Å²) in [5, 5.41) is 0. The maximum Gasteiger partial charge on any atom is 0 e. The molecule has 0 heterocycles. The van der Waals surface area contributed by atoms with Gasteiger partial charge in [-0.25, -0.2) is 0 Å². The van der Waals surface area contributed by atoms with Crippen molar-refractivity contribution < 1.29 is 4.28 Å². The second-order valence-corrected chi connectivity index (χ2v) is 0.519. The Hall–Kier alpha value is -1.28. The molecule has 0 unspecified atom stereocenters. The minimum absolute atomic E-state index is 0. The van der Waals surface area contributed by atoms with Crippen molar-refractivity contribution in [3.05, 3.63) is 9.93 Å². The van der Waals surface area contributed by atoms with E-state index >= 15 is 0 Å². The smallest absolute Gasteiger partial charge is 0 e. The molecule has 0 rings (SSSR count). The molecule has 2 heteroatoms. The molecule has 58 valence electrons. The molecule has 0 bridgehead atoms. The molecule has 0 aliphatic heterocycles. The zero-order valence-corrected chi connectivity index (χ0v) is 3.89. The highest BCUT2D eigenvalue weighted by Gasteiger charge is 1.35. The molecule has 0 fully saturated rings. The van der Waals surface area contributed by atoms with Gasteiger partial charge in [-0.15, -0.1) is 6.42 Å². The molecule has 0 saturated heterocycles. The van der Waals surface area contributed by atoms with Gasteiger partial charge in [-0.05, 0) is 18.8 Å². The van der Waals surface area contributed by atoms with E-state index in [-0.39, 0.29) is 19.1 Å². The van der Waals surface area contributed by atoms with Gasteiger partial charge in [-0.2, -0.15) is 0 Å². The number of rotatable bonds is 0. The Kier molecular flexibility index (Phi) is 208. The second kappa shape index (κ2) is 74.3. The molecule has 0 amide bonds. The minimum atomic E-state index is 0. The summed E-state index contributed by atoms with van der Waals surface area (Å²) in [7, 11) is 0. The van der Waals surface area contributed by atoms with Crippen LogP contribution >= 0.6 is 0 Å². The monoisotopic (exact) mass is 134 g/mol. The third-order valence-electron chi connectivity index (χ3n) is 0.197. The zero-order valence-electron chi connectivity index (χ0n) is 3.89. The molecule has 0 radical (unpaired) electrons. The molecule has 0 aliphatic carbocycles. The Morgan fingerprint density at radius 3 is 1.67 bits per heavy atom. The summed E-state index contributed by atoms with van der Waals surface area (Å²) in [6.45, 7) is 1.71. The molecule has 0 aromatic heterocycles. The molecular weight excluding hydrogens is 116 g/mol. The average molecular weight is 134 g/mol. The molecule has 2 nitrogen and oxygen atoms in total. The van der Waals surface area contributed by atoms with Gasteiger partial charge in [0.2, 0.25) is 0 Å². The molecule has 9 heavy (non-hydrogen) atoms. The summed E-state index contributed by atoms with van der Waals surface area (Å²) in [5.74, 6) is 7.08. The van der Waals surface area contributed by atoms with Gasteiger partial charge < -0.3 is 0 Å². The minimum Gasteiger partial charge on any atom is -0.106 e. The van der Waals surface area contributed by atoms with Crippen molar-refractivity contribution in [3.8, 4) is 24.2 Å². The fourth-order valence-electron chi connectivity index (χ4n) is 0.0722. The average Bonchev–Trinajstić information content (AvgIpc) is 1.75. The first-order valence-corrected chi connectivity index (χ1v) is 1.46. The molecule has 0 aromatic carbocycles. The maximum atomic E-state index is 7.00. The van der Waals surface area contributed by atoms with Crippen molar-refractivity contribution in [2.75, 3.05) is 0 Å². The third-order valence-corrected chi connectivity index (χ3v) is 0.197. The quantitative estimate of drug-likeness (QED) is 0.477. The first-order chi connectivity index (χ1) is 3.41. The first-order valence-electron chi connectivity index (χ1n) is 1.46. The summed E-state index contributed by atoms with van der Waals surface area (Å²) in [6.07, 6.45) is 4.72. The third kappa shape index (κ3) is 289. The highest BCUT2D eigenvalue weighted by molar-refractivity contribution is 5.20. The molecule has 0 saturated carbocycles. The van der Waals surface area contributed by atoms with Crippen molar-refractivity contribution in [3.63, 3.8) is 0 Å². The van der Waals surface area contributed by atoms with Crippen LogP contribution in [-0.2, 0) is 0 Å². The fourth-order valence-corrected chi connectivity index (χ4v) is 0.0722. The Morgan fingerprint density at radius 2 is 1.67 bits per heavy atom. The Balaban J connectivity index is -0.00000000671. The lowest BCUT2D eigenvalue weighted by atomic mass is 10.6. The molecule has 0 spiro atoms. The van der Waals surface area contributed by atoms with Crippen LogP contribution in [-0.4, -0.2) is 0 Å². The summed E-state index contributed by atoms with van der Waals surface area (Å²) in [6, 6.07) is 0. The summed E-state index contributed by atoms with van der Waals surface area (Å²) in [5.41, 5.74) is 0. The Morgan fingerprint density at radius 1 is 1.33 bits per heavy atom. The van der Waals surface area contributed by atoms with Crippen molar-refractivity contribution in [1.82, 2.24) is 0 Å². The first kappa shape index (κ1) is 25.2. The fraction of sp³-hybridized carbons (Fsp3) is 0.429. The van der Waals surface area contributed by atoms with E-state index in [1.54, 1.807) is 6.92 Å². The van der Waals surface area contributed by atoms with Crippen LogP contribution in [0.2, 0.25) is 0 Å². The van der Waals surface area contributed by atoms with Gasteiger partial charge in [-0.1, -0.05) is 20.8 Å². The predicted molar refractivity (Wildman–Crippen MR) is 48.8 cm³/mol. The predicted octanol–water partition coefficient (Wildman–Crippen LogP) is 2.72. The van der Waals surface area contributed by atoms with Crippen molar-refractivity contribution >= 4 is 0 Å². The largest absolute Gasteiger partial charge is 0.106 e. The van der Waals surface area contributed by atoms with E-state index in [1.807, 2.05) is 0 Å². The van der Waals surface area contributed by atoms with Gasteiger partial charge in [0.15, 0.2) is 0 Å². The van der Waals surface area contributed by atoms with Gasteiger partial charge in [0.25, 0.3) is 0 Å². The Labute approximate surface area is 61.3 Å². The highest BCUT2D eigenvalue weighted by Crippen LogP contribution is 1.41. The second-order valence-electron chi connectivity index (χ2n) is 0.519. The van der Waals surface area contributed by atoms with E-state index in [4.69, 9.17) is 16.4 Å². The lowest BCUT2D eigenvalue weighted by molar-refractivity contribution is 1.92. The number of hydrogen-bond acceptors (Lipinski definition) is 2. The van der Waals surface area contributed by atoms with Crippen LogP contribution in [0.3, 0.4) is 0 Å². The highest BCUT2D eigenvalue weighted by atomic mass is 16.7. The van der Waals surface area contributed by atoms with Gasteiger partial charge in [0.1, 0.15) is 0 Å². The van der Waals surface area contributed by atoms with Gasteiger partial charge >= 0.3 is 0 Å². The summed E-state index contributed by atoms with van der Waals surface area (Å²) < 4.78 is 0. The SMILES string of the molecule is C.C.C#CC#CC.O=O.[HH].[HH].[HH]. The number of hydrogen-bond donors (Lipinski definition) is 0. The van der Waals surface area contributed by atoms with Crippen LogP contribution in [0.15, 0.2) is 0 Å². The van der Waals surface area contributed by atoms with E-state index < -0.39 is 0 Å². The summed E-state index contributed by atoms with van der Waals surface area (Å²) >= 11 is 0. The van der Waals surface area contributed by atoms with E-state index in [0.717, 1.165) is 0 Å². The van der Waals surface area contributed by atoms with Crippen LogP contribution in [0.5, 0.6) is 0 Å². The van der Waals surface area contributed by atoms with Crippen LogP contribution in [0.4, 0.5) is 0 Å². The molecule has 0 aromatic rings. The van der Waals surface area contributed by atoms with Gasteiger partial charge in [-0.3, -0.25) is 0 Å². The van der Waals surface area contributed by atoms with Crippen molar-refractivity contribution in [1.29, 1.82) is 0 Å². The summed E-state index contributed by atoms with van der Waals surface area (Å²) in [4.78, 5) is 14.0. The van der Waals surface area contributed by atoms with E-state index in [0.29, 0.717) is 0 Å². The normalized spacial score (nSPS) is 2.22. The van der Waals surface area contributed by atoms with E-state index in [2.05, 4.69) is 17.8 Å². The number of terminal acetylenes is 1. The zero-order chi connectivity index (χ0) is 6.12. The van der Waals surface area contributed by atoms with Gasteiger partial charge in [0, 0.05) is 14.2 Å². The Bertz CT molecular complexity index is 121. The van der Waals surface area contributed by atoms with Crippen LogP contribution in [0, 0.1) is 34.1 Å². The lowest BCUT2D eigenvalue weighted by Crippen LogP contribution is -1.36. The van der Waals surface area contributed by atoms with E-state index in [1.165, 1.54) is 0 Å². The van der Waals surface area contributed by atoms with Crippen LogP contribution in [0.1, 0.15) is 26.1 Å². The molecule has 0 aliphatic rings. The topological polar surface area (TPSA) is 34.1 Å². The standard InChI is InChI=1S/C5H4.2CH4.O2.3H2/c1-3-5-4-2;;;1-2;;;/h1H,2H3;2*1H4;;3*1H. The van der Waals surface area contributed by atoms with Gasteiger partial charge in [0.05, 0.1) is 0 Å². The lowest BCUT2D eigenvalue weighted by Gasteiger charge is -1.42. The molecular formula is C7H18O2. The van der Waals surface area contributed by atoms with Crippen LogP contribution < -0.4 is 0 Å². The van der Waals surface area contributed by atoms with E-state index in [9.17, 15) is 0 Å². The van der Waals surface area contributed by atoms with Crippen LogP contribution in [0.25, 0.3) is 0 Å². The van der Waals surface area contributed by atoms with Crippen molar-refractivity contribution in [2.24, 2.45) is 0 Å². The molecule has 0 atom stereocenters.